The predicted octanol–water partition coefficient (Wildman–Crippen LogP) is 5.17. The first-order valence-electron chi connectivity index (χ1n) is 8.55. The summed E-state index contributed by atoms with van der Waals surface area (Å²) in [6, 6.07) is 22.3. The van der Waals surface area contributed by atoms with Gasteiger partial charge in [-0.15, -0.1) is 0 Å². The van der Waals surface area contributed by atoms with Gasteiger partial charge in [0, 0.05) is 11.1 Å². The van der Waals surface area contributed by atoms with E-state index in [1.807, 2.05) is 60.1 Å². The third-order valence-corrected chi connectivity index (χ3v) is 5.54. The van der Waals surface area contributed by atoms with Crippen LogP contribution in [-0.2, 0) is 0 Å². The summed E-state index contributed by atoms with van der Waals surface area (Å²) in [4.78, 5) is 5.52. The molecule has 2 aromatic heterocycles. The third-order valence-electron chi connectivity index (χ3n) is 4.29. The van der Waals surface area contributed by atoms with Crippen molar-refractivity contribution >= 4 is 17.0 Å². The minimum absolute atomic E-state index is 0.549. The van der Waals surface area contributed by atoms with Gasteiger partial charge in [0.2, 0.25) is 5.13 Å². The lowest BCUT2D eigenvalue weighted by Gasteiger charge is -2.03. The van der Waals surface area contributed by atoms with Gasteiger partial charge in [-0.05, 0) is 19.9 Å². The quantitative estimate of drug-likeness (QED) is 0.304. The molecule has 4 aromatic rings. The van der Waals surface area contributed by atoms with Crippen molar-refractivity contribution in [3.8, 4) is 27.6 Å². The highest BCUT2D eigenvalue weighted by Crippen LogP contribution is 2.31. The molecule has 0 aliphatic carbocycles. The zero-order chi connectivity index (χ0) is 18.8. The number of hydrogen-bond donors (Lipinski definition) is 1. The monoisotopic (exact) mass is 374 g/mol. The molecule has 0 aliphatic rings. The van der Waals surface area contributed by atoms with Gasteiger partial charge in [-0.2, -0.15) is 5.10 Å². The Bertz CT molecular complexity index is 1100. The van der Waals surface area contributed by atoms with Crippen LogP contribution in [0, 0.1) is 6.92 Å². The number of thiazole rings is 1. The molecule has 5 nitrogen and oxygen atoms in total. The van der Waals surface area contributed by atoms with Gasteiger partial charge in [0.1, 0.15) is 0 Å². The van der Waals surface area contributed by atoms with Crippen molar-refractivity contribution in [2.45, 2.75) is 13.8 Å². The van der Waals surface area contributed by atoms with Gasteiger partial charge in [0.25, 0.3) is 0 Å². The van der Waals surface area contributed by atoms with Crippen molar-refractivity contribution in [3.05, 3.63) is 77.3 Å². The number of benzene rings is 2. The third kappa shape index (κ3) is 3.27. The molecule has 6 heteroatoms. The Morgan fingerprint density at radius 3 is 2.26 bits per heavy atom. The van der Waals surface area contributed by atoms with E-state index in [0.29, 0.717) is 5.71 Å². The fraction of sp³-hybridized carbons (Fsp3) is 0.0952. The SMILES string of the molecule is C/C(=N\O)c1sc(-n2nc(-c3ccccc3)cc2-c2ccccc2)nc1C. The summed E-state index contributed by atoms with van der Waals surface area (Å²) in [5, 5.41) is 18.0. The maximum absolute atomic E-state index is 9.12. The Morgan fingerprint density at radius 2 is 1.63 bits per heavy atom. The number of oxime groups is 1. The molecule has 0 radical (unpaired) electrons. The van der Waals surface area contributed by atoms with Crippen LogP contribution in [0.15, 0.2) is 71.9 Å². The summed E-state index contributed by atoms with van der Waals surface area (Å²) in [6.07, 6.45) is 0. The Balaban J connectivity index is 1.90. The summed E-state index contributed by atoms with van der Waals surface area (Å²) in [6.45, 7) is 3.68. The first kappa shape index (κ1) is 17.2. The van der Waals surface area contributed by atoms with E-state index in [-0.39, 0.29) is 0 Å². The zero-order valence-corrected chi connectivity index (χ0v) is 15.8. The molecular weight excluding hydrogens is 356 g/mol. The minimum Gasteiger partial charge on any atom is -0.411 e. The maximum atomic E-state index is 9.12. The number of aromatic nitrogens is 3. The van der Waals surface area contributed by atoms with E-state index in [1.165, 1.54) is 11.3 Å². The van der Waals surface area contributed by atoms with Gasteiger partial charge in [0.15, 0.2) is 0 Å². The summed E-state index contributed by atoms with van der Waals surface area (Å²) in [5.74, 6) is 0. The molecule has 0 bridgehead atoms. The van der Waals surface area contributed by atoms with E-state index >= 15 is 0 Å². The molecule has 0 aliphatic heterocycles. The van der Waals surface area contributed by atoms with Crippen LogP contribution in [0.4, 0.5) is 0 Å². The van der Waals surface area contributed by atoms with Crippen molar-refractivity contribution in [1.29, 1.82) is 0 Å². The van der Waals surface area contributed by atoms with Crippen molar-refractivity contribution in [1.82, 2.24) is 14.8 Å². The van der Waals surface area contributed by atoms with E-state index in [9.17, 15) is 0 Å². The fourth-order valence-corrected chi connectivity index (χ4v) is 3.92. The van der Waals surface area contributed by atoms with Gasteiger partial charge in [-0.3, -0.25) is 0 Å². The highest BCUT2D eigenvalue weighted by Gasteiger charge is 2.18. The summed E-state index contributed by atoms with van der Waals surface area (Å²) in [5.41, 5.74) is 5.34. The zero-order valence-electron chi connectivity index (χ0n) is 15.0. The molecule has 4 rings (SSSR count). The van der Waals surface area contributed by atoms with E-state index in [2.05, 4.69) is 28.3 Å². The molecule has 0 spiro atoms. The van der Waals surface area contributed by atoms with E-state index in [1.54, 1.807) is 6.92 Å². The standard InChI is InChI=1S/C21H18N4OS/c1-14-20(15(2)24-26)27-21(22-14)25-19(17-11-7-4-8-12-17)13-18(23-25)16-9-5-3-6-10-16/h3-13,26H,1-2H3/b24-15+. The van der Waals surface area contributed by atoms with Crippen LogP contribution in [0.3, 0.4) is 0 Å². The van der Waals surface area contributed by atoms with Crippen LogP contribution in [-0.4, -0.2) is 25.7 Å². The lowest BCUT2D eigenvalue weighted by Crippen LogP contribution is -1.98. The van der Waals surface area contributed by atoms with Crippen molar-refractivity contribution in [3.63, 3.8) is 0 Å². The van der Waals surface area contributed by atoms with Crippen LogP contribution >= 0.6 is 11.3 Å². The molecule has 0 unspecified atom stereocenters. The lowest BCUT2D eigenvalue weighted by molar-refractivity contribution is 0.319. The molecule has 0 saturated heterocycles. The molecule has 1 N–H and O–H groups in total. The van der Waals surface area contributed by atoms with Crippen LogP contribution < -0.4 is 0 Å². The number of hydrogen-bond acceptors (Lipinski definition) is 5. The summed E-state index contributed by atoms with van der Waals surface area (Å²) >= 11 is 1.46. The van der Waals surface area contributed by atoms with Gasteiger partial charge in [-0.1, -0.05) is 77.2 Å². The molecule has 0 amide bonds. The minimum atomic E-state index is 0.549. The van der Waals surface area contributed by atoms with Crippen LogP contribution in [0.2, 0.25) is 0 Å². The Hall–Kier alpha value is -3.25. The molecule has 2 heterocycles. The van der Waals surface area contributed by atoms with Crippen molar-refractivity contribution in [2.75, 3.05) is 0 Å². The Labute approximate surface area is 161 Å². The second kappa shape index (κ2) is 7.17. The lowest BCUT2D eigenvalue weighted by atomic mass is 10.1. The average Bonchev–Trinajstić information content (AvgIpc) is 3.33. The van der Waals surface area contributed by atoms with E-state index in [4.69, 9.17) is 10.3 Å². The average molecular weight is 374 g/mol. The fourth-order valence-electron chi connectivity index (χ4n) is 2.95. The first-order chi connectivity index (χ1) is 13.2. The van der Waals surface area contributed by atoms with Gasteiger partial charge < -0.3 is 5.21 Å². The normalized spacial score (nSPS) is 11.7. The number of aryl methyl sites for hydroxylation is 1. The molecule has 2 aromatic carbocycles. The number of rotatable bonds is 4. The van der Waals surface area contributed by atoms with Gasteiger partial charge in [-0.25, -0.2) is 9.67 Å². The Kier molecular flexibility index (Phi) is 4.56. The Morgan fingerprint density at radius 1 is 1.00 bits per heavy atom. The van der Waals surface area contributed by atoms with Crippen LogP contribution in [0.25, 0.3) is 27.6 Å². The van der Waals surface area contributed by atoms with E-state index < -0.39 is 0 Å². The van der Waals surface area contributed by atoms with Crippen LogP contribution in [0.5, 0.6) is 0 Å². The molecule has 0 saturated carbocycles. The summed E-state index contributed by atoms with van der Waals surface area (Å²) in [7, 11) is 0. The van der Waals surface area contributed by atoms with E-state index in [0.717, 1.165) is 38.2 Å². The molecule has 0 atom stereocenters. The highest BCUT2D eigenvalue weighted by atomic mass is 32.1. The number of nitrogens with zero attached hydrogens (tertiary/aromatic N) is 4. The highest BCUT2D eigenvalue weighted by molar-refractivity contribution is 7.16. The second-order valence-electron chi connectivity index (χ2n) is 6.16. The van der Waals surface area contributed by atoms with Crippen LogP contribution in [0.1, 0.15) is 17.5 Å². The smallest absolute Gasteiger partial charge is 0.211 e. The van der Waals surface area contributed by atoms with Gasteiger partial charge in [0.05, 0.1) is 27.7 Å². The summed E-state index contributed by atoms with van der Waals surface area (Å²) < 4.78 is 1.86. The first-order valence-corrected chi connectivity index (χ1v) is 9.37. The second-order valence-corrected chi connectivity index (χ2v) is 7.13. The van der Waals surface area contributed by atoms with Crippen molar-refractivity contribution in [2.24, 2.45) is 5.16 Å². The molecule has 27 heavy (non-hydrogen) atoms. The molecule has 0 fully saturated rings. The molecular formula is C21H18N4OS. The maximum Gasteiger partial charge on any atom is 0.211 e. The van der Waals surface area contributed by atoms with Crippen molar-refractivity contribution < 1.29 is 5.21 Å². The predicted molar refractivity (Wildman–Crippen MR) is 109 cm³/mol. The molecule has 134 valence electrons. The topological polar surface area (TPSA) is 63.3 Å². The largest absolute Gasteiger partial charge is 0.411 e. The van der Waals surface area contributed by atoms with Gasteiger partial charge >= 0.3 is 0 Å².